The normalized spacial score (nSPS) is 20.8. The van der Waals surface area contributed by atoms with Crippen molar-refractivity contribution in [2.75, 3.05) is 13.2 Å². The minimum absolute atomic E-state index is 0.293. The molecule has 0 unspecified atom stereocenters. The van der Waals surface area contributed by atoms with Crippen LogP contribution >= 0.6 is 0 Å². The quantitative estimate of drug-likeness (QED) is 0.600. The molecule has 0 aromatic carbocycles. The second kappa shape index (κ2) is 3.87. The highest BCUT2D eigenvalue weighted by molar-refractivity contribution is 5.69. The summed E-state index contributed by atoms with van der Waals surface area (Å²) in [6.07, 6.45) is 0.868. The second-order valence-corrected chi connectivity index (χ2v) is 2.56. The van der Waals surface area contributed by atoms with Crippen molar-refractivity contribution in [3.63, 3.8) is 0 Å². The standard InChI is InChI=1S/C8H14O4/c1-3-7(9)12-8(4-2)10-5-6-11-8/h3-6H2,1-2H3. The van der Waals surface area contributed by atoms with E-state index in [1.54, 1.807) is 6.92 Å². The van der Waals surface area contributed by atoms with Crippen LogP contribution < -0.4 is 0 Å². The molecule has 0 saturated carbocycles. The van der Waals surface area contributed by atoms with Crippen LogP contribution in [0.15, 0.2) is 0 Å². The zero-order chi connectivity index (χ0) is 9.03. The molecule has 0 aromatic rings. The van der Waals surface area contributed by atoms with Crippen molar-refractivity contribution in [1.29, 1.82) is 0 Å². The summed E-state index contributed by atoms with van der Waals surface area (Å²) in [6, 6.07) is 0. The van der Waals surface area contributed by atoms with Crippen LogP contribution in [0.3, 0.4) is 0 Å². The summed E-state index contributed by atoms with van der Waals surface area (Å²) >= 11 is 0. The predicted molar refractivity (Wildman–Crippen MR) is 41.3 cm³/mol. The van der Waals surface area contributed by atoms with Crippen LogP contribution in [-0.4, -0.2) is 25.2 Å². The van der Waals surface area contributed by atoms with Gasteiger partial charge in [-0.1, -0.05) is 13.8 Å². The van der Waals surface area contributed by atoms with Crippen molar-refractivity contribution in [1.82, 2.24) is 0 Å². The van der Waals surface area contributed by atoms with E-state index in [2.05, 4.69) is 0 Å². The molecule has 0 N–H and O–H groups in total. The van der Waals surface area contributed by atoms with Gasteiger partial charge in [-0.3, -0.25) is 4.79 Å². The van der Waals surface area contributed by atoms with Gasteiger partial charge in [-0.25, -0.2) is 0 Å². The van der Waals surface area contributed by atoms with E-state index in [-0.39, 0.29) is 5.97 Å². The van der Waals surface area contributed by atoms with E-state index in [0.717, 1.165) is 0 Å². The monoisotopic (exact) mass is 174 g/mol. The summed E-state index contributed by atoms with van der Waals surface area (Å²) in [5.74, 6) is -1.38. The van der Waals surface area contributed by atoms with Crippen LogP contribution in [0, 0.1) is 0 Å². The maximum Gasteiger partial charge on any atom is 0.329 e. The van der Waals surface area contributed by atoms with Gasteiger partial charge < -0.3 is 14.2 Å². The topological polar surface area (TPSA) is 44.8 Å². The van der Waals surface area contributed by atoms with Gasteiger partial charge in [-0.15, -0.1) is 0 Å². The van der Waals surface area contributed by atoms with E-state index in [0.29, 0.717) is 26.1 Å². The average Bonchev–Trinajstić information content (AvgIpc) is 2.54. The lowest BCUT2D eigenvalue weighted by molar-refractivity contribution is -0.314. The summed E-state index contributed by atoms with van der Waals surface area (Å²) in [4.78, 5) is 10.9. The molecular weight excluding hydrogens is 160 g/mol. The zero-order valence-corrected chi connectivity index (χ0v) is 7.46. The Labute approximate surface area is 71.8 Å². The minimum Gasteiger partial charge on any atom is -0.408 e. The molecule has 70 valence electrons. The van der Waals surface area contributed by atoms with Gasteiger partial charge >= 0.3 is 11.9 Å². The first-order chi connectivity index (χ1) is 5.72. The van der Waals surface area contributed by atoms with Crippen LogP contribution in [0.2, 0.25) is 0 Å². The molecule has 4 heteroatoms. The van der Waals surface area contributed by atoms with Crippen LogP contribution in [0.25, 0.3) is 0 Å². The SMILES string of the molecule is CCC(=O)OC1(CC)OCCO1. The van der Waals surface area contributed by atoms with Crippen molar-refractivity contribution < 1.29 is 19.0 Å². The van der Waals surface area contributed by atoms with Crippen molar-refractivity contribution in [2.45, 2.75) is 32.7 Å². The molecule has 1 aliphatic rings. The summed E-state index contributed by atoms with van der Waals surface area (Å²) in [7, 11) is 0. The Kier molecular flexibility index (Phi) is 3.05. The van der Waals surface area contributed by atoms with E-state index in [4.69, 9.17) is 14.2 Å². The minimum atomic E-state index is -1.09. The third-order valence-electron chi connectivity index (χ3n) is 1.72. The van der Waals surface area contributed by atoms with Crippen molar-refractivity contribution in [2.24, 2.45) is 0 Å². The lowest BCUT2D eigenvalue weighted by atomic mass is 10.4. The Morgan fingerprint density at radius 2 is 2.00 bits per heavy atom. The molecule has 0 aliphatic carbocycles. The number of hydrogen-bond acceptors (Lipinski definition) is 4. The van der Waals surface area contributed by atoms with E-state index in [1.807, 2.05) is 6.92 Å². The molecule has 1 rings (SSSR count). The Balaban J connectivity index is 2.49. The maximum absolute atomic E-state index is 10.9. The number of hydrogen-bond donors (Lipinski definition) is 0. The first-order valence-electron chi connectivity index (χ1n) is 4.22. The van der Waals surface area contributed by atoms with Crippen molar-refractivity contribution >= 4 is 5.97 Å². The number of carbonyl (C=O) groups is 1. The van der Waals surface area contributed by atoms with Gasteiger partial charge in [0.05, 0.1) is 13.2 Å². The molecule has 0 aromatic heterocycles. The molecule has 0 radical (unpaired) electrons. The first kappa shape index (κ1) is 9.48. The molecule has 0 spiro atoms. The van der Waals surface area contributed by atoms with Crippen molar-refractivity contribution in [3.05, 3.63) is 0 Å². The average molecular weight is 174 g/mol. The molecule has 1 aliphatic heterocycles. The second-order valence-electron chi connectivity index (χ2n) is 2.56. The Hall–Kier alpha value is -0.610. The molecular formula is C8H14O4. The van der Waals surface area contributed by atoms with E-state index in [1.165, 1.54) is 0 Å². The number of carbonyl (C=O) groups excluding carboxylic acids is 1. The van der Waals surface area contributed by atoms with Gasteiger partial charge in [-0.05, 0) is 0 Å². The maximum atomic E-state index is 10.9. The molecule has 1 fully saturated rings. The fourth-order valence-corrected chi connectivity index (χ4v) is 1.02. The van der Waals surface area contributed by atoms with Gasteiger partial charge in [0.1, 0.15) is 0 Å². The van der Waals surface area contributed by atoms with Gasteiger partial charge in [0, 0.05) is 12.8 Å². The third-order valence-corrected chi connectivity index (χ3v) is 1.72. The lowest BCUT2D eigenvalue weighted by Crippen LogP contribution is -2.35. The molecule has 1 heterocycles. The number of rotatable bonds is 3. The number of esters is 1. The zero-order valence-electron chi connectivity index (χ0n) is 7.46. The molecule has 0 bridgehead atoms. The van der Waals surface area contributed by atoms with E-state index in [9.17, 15) is 4.79 Å². The predicted octanol–water partition coefficient (Wildman–Crippen LogP) is 1.05. The Bertz CT molecular complexity index is 160. The first-order valence-corrected chi connectivity index (χ1v) is 4.22. The van der Waals surface area contributed by atoms with Crippen LogP contribution in [0.4, 0.5) is 0 Å². The van der Waals surface area contributed by atoms with E-state index >= 15 is 0 Å². The fraction of sp³-hybridized carbons (Fsp3) is 0.875. The highest BCUT2D eigenvalue weighted by Crippen LogP contribution is 2.24. The van der Waals surface area contributed by atoms with Crippen LogP contribution in [0.1, 0.15) is 26.7 Å². The van der Waals surface area contributed by atoms with Gasteiger partial charge in [0.15, 0.2) is 0 Å². The Morgan fingerprint density at radius 1 is 1.42 bits per heavy atom. The van der Waals surface area contributed by atoms with Gasteiger partial charge in [-0.2, -0.15) is 0 Å². The Morgan fingerprint density at radius 3 is 2.42 bits per heavy atom. The van der Waals surface area contributed by atoms with E-state index < -0.39 is 5.97 Å². The van der Waals surface area contributed by atoms with Crippen molar-refractivity contribution in [3.8, 4) is 0 Å². The van der Waals surface area contributed by atoms with Gasteiger partial charge in [0.2, 0.25) is 0 Å². The lowest BCUT2D eigenvalue weighted by Gasteiger charge is -2.24. The molecule has 0 amide bonds. The summed E-state index contributed by atoms with van der Waals surface area (Å²) in [5, 5.41) is 0. The summed E-state index contributed by atoms with van der Waals surface area (Å²) < 4.78 is 15.4. The molecule has 1 saturated heterocycles. The van der Waals surface area contributed by atoms with Gasteiger partial charge in [0.25, 0.3) is 0 Å². The molecule has 4 nitrogen and oxygen atoms in total. The highest BCUT2D eigenvalue weighted by atomic mass is 16.9. The highest BCUT2D eigenvalue weighted by Gasteiger charge is 2.38. The smallest absolute Gasteiger partial charge is 0.329 e. The largest absolute Gasteiger partial charge is 0.408 e. The van der Waals surface area contributed by atoms with Crippen LogP contribution in [-0.2, 0) is 19.0 Å². The number of ether oxygens (including phenoxy) is 3. The third kappa shape index (κ3) is 1.95. The fourth-order valence-electron chi connectivity index (χ4n) is 1.02. The molecule has 0 atom stereocenters. The summed E-state index contributed by atoms with van der Waals surface area (Å²) in [5.41, 5.74) is 0. The van der Waals surface area contributed by atoms with Crippen LogP contribution in [0.5, 0.6) is 0 Å². The summed E-state index contributed by atoms with van der Waals surface area (Å²) in [6.45, 7) is 4.57. The molecule has 12 heavy (non-hydrogen) atoms.